The highest BCUT2D eigenvalue weighted by Gasteiger charge is 2.50. The lowest BCUT2D eigenvalue weighted by molar-refractivity contribution is -0.146. The summed E-state index contributed by atoms with van der Waals surface area (Å²) in [6.07, 6.45) is 0.966. The Morgan fingerprint density at radius 1 is 1.18 bits per heavy atom. The quantitative estimate of drug-likeness (QED) is 0.564. The zero-order valence-electron chi connectivity index (χ0n) is 18.2. The lowest BCUT2D eigenvalue weighted by Gasteiger charge is -2.31. The van der Waals surface area contributed by atoms with E-state index in [-0.39, 0.29) is 30.2 Å². The van der Waals surface area contributed by atoms with Crippen molar-refractivity contribution in [2.24, 2.45) is 5.73 Å². The predicted octanol–water partition coefficient (Wildman–Crippen LogP) is 4.49. The second-order valence-corrected chi connectivity index (χ2v) is 8.48. The van der Waals surface area contributed by atoms with Gasteiger partial charge >= 0.3 is 6.18 Å². The van der Waals surface area contributed by atoms with Crippen molar-refractivity contribution in [3.8, 4) is 11.6 Å². The van der Waals surface area contributed by atoms with Crippen molar-refractivity contribution in [3.05, 3.63) is 77.8 Å². The minimum Gasteiger partial charge on any atom is -0.494 e. The SMILES string of the molecule is COc1ccc(-n2ccnc2C(F)(F)F)nc1C1=C[C@@]2(CC[C@H](N)[C@@H]2c2ccc(F)cc2)OC1. The monoisotopic (exact) mass is 474 g/mol. The number of aromatic nitrogens is 3. The number of benzene rings is 1. The zero-order chi connectivity index (χ0) is 24.1. The topological polar surface area (TPSA) is 75.2 Å². The van der Waals surface area contributed by atoms with Crippen molar-refractivity contribution in [2.75, 3.05) is 13.7 Å². The maximum absolute atomic E-state index is 13.5. The Kier molecular flexibility index (Phi) is 5.44. The molecule has 0 saturated heterocycles. The first kappa shape index (κ1) is 22.5. The fraction of sp³-hybridized carbons (Fsp3) is 0.333. The van der Waals surface area contributed by atoms with Crippen molar-refractivity contribution in [1.29, 1.82) is 0 Å². The first-order valence-electron chi connectivity index (χ1n) is 10.7. The van der Waals surface area contributed by atoms with Gasteiger partial charge in [0.25, 0.3) is 0 Å². The summed E-state index contributed by atoms with van der Waals surface area (Å²) >= 11 is 0. The molecule has 3 heterocycles. The first-order chi connectivity index (χ1) is 16.2. The summed E-state index contributed by atoms with van der Waals surface area (Å²) in [6, 6.07) is 9.02. The Bertz CT molecular complexity index is 1240. The molecule has 1 aliphatic heterocycles. The Balaban J connectivity index is 1.56. The van der Waals surface area contributed by atoms with Crippen LogP contribution in [0.25, 0.3) is 11.4 Å². The number of pyridine rings is 1. The van der Waals surface area contributed by atoms with Crippen LogP contribution in [-0.4, -0.2) is 39.9 Å². The summed E-state index contributed by atoms with van der Waals surface area (Å²) in [5.41, 5.74) is 7.65. The fourth-order valence-corrected chi connectivity index (χ4v) is 4.99. The maximum atomic E-state index is 13.5. The third-order valence-corrected chi connectivity index (χ3v) is 6.48. The highest BCUT2D eigenvalue weighted by atomic mass is 19.4. The smallest absolute Gasteiger partial charge is 0.450 e. The van der Waals surface area contributed by atoms with Gasteiger partial charge in [-0.2, -0.15) is 13.2 Å². The van der Waals surface area contributed by atoms with Gasteiger partial charge in [0, 0.05) is 29.9 Å². The lowest BCUT2D eigenvalue weighted by atomic mass is 9.82. The van der Waals surface area contributed by atoms with Crippen LogP contribution in [0.2, 0.25) is 0 Å². The number of hydrogen-bond donors (Lipinski definition) is 1. The van der Waals surface area contributed by atoms with Gasteiger partial charge in [0.2, 0.25) is 5.82 Å². The molecule has 10 heteroatoms. The highest BCUT2D eigenvalue weighted by Crippen LogP contribution is 2.50. The van der Waals surface area contributed by atoms with Crippen molar-refractivity contribution in [1.82, 2.24) is 14.5 Å². The van der Waals surface area contributed by atoms with Crippen molar-refractivity contribution in [2.45, 2.75) is 36.6 Å². The first-order valence-corrected chi connectivity index (χ1v) is 10.7. The average molecular weight is 474 g/mol. The van der Waals surface area contributed by atoms with Crippen LogP contribution in [-0.2, 0) is 10.9 Å². The molecule has 5 rings (SSSR count). The molecule has 1 aliphatic carbocycles. The van der Waals surface area contributed by atoms with Gasteiger partial charge in [0.05, 0.1) is 19.3 Å². The molecule has 0 radical (unpaired) electrons. The summed E-state index contributed by atoms with van der Waals surface area (Å²) in [5, 5.41) is 0. The Labute approximate surface area is 193 Å². The van der Waals surface area contributed by atoms with E-state index in [0.717, 1.165) is 16.3 Å². The molecule has 6 nitrogen and oxygen atoms in total. The van der Waals surface area contributed by atoms with Crippen LogP contribution in [0, 0.1) is 5.82 Å². The van der Waals surface area contributed by atoms with Crippen LogP contribution in [0.5, 0.6) is 5.75 Å². The second-order valence-electron chi connectivity index (χ2n) is 8.48. The van der Waals surface area contributed by atoms with Crippen molar-refractivity contribution in [3.63, 3.8) is 0 Å². The van der Waals surface area contributed by atoms with Gasteiger partial charge in [-0.1, -0.05) is 12.1 Å². The van der Waals surface area contributed by atoms with Gasteiger partial charge in [-0.3, -0.25) is 4.57 Å². The Hall–Kier alpha value is -3.24. The normalized spacial score (nSPS) is 24.6. The average Bonchev–Trinajstić information content (AvgIpc) is 3.54. The number of alkyl halides is 3. The van der Waals surface area contributed by atoms with Gasteiger partial charge in [-0.05, 0) is 48.7 Å². The largest absolute Gasteiger partial charge is 0.494 e. The molecule has 3 aromatic rings. The van der Waals surface area contributed by atoms with Crippen molar-refractivity contribution >= 4 is 5.57 Å². The molecule has 0 bridgehead atoms. The van der Waals surface area contributed by atoms with Gasteiger partial charge in [-0.15, -0.1) is 0 Å². The molecule has 34 heavy (non-hydrogen) atoms. The van der Waals surface area contributed by atoms with E-state index in [0.29, 0.717) is 29.9 Å². The van der Waals surface area contributed by atoms with Gasteiger partial charge in [-0.25, -0.2) is 14.4 Å². The third kappa shape index (κ3) is 3.76. The molecule has 3 atom stereocenters. The van der Waals surface area contributed by atoms with Crippen LogP contribution in [0.15, 0.2) is 54.9 Å². The molecular formula is C24H22F4N4O2. The molecule has 2 N–H and O–H groups in total. The van der Waals surface area contributed by atoms with Crippen LogP contribution in [0.1, 0.15) is 35.8 Å². The molecule has 1 spiro atoms. The summed E-state index contributed by atoms with van der Waals surface area (Å²) in [5.74, 6) is -1.14. The summed E-state index contributed by atoms with van der Waals surface area (Å²) in [6.45, 7) is 0.188. The van der Waals surface area contributed by atoms with Crippen LogP contribution >= 0.6 is 0 Å². The molecule has 0 amide bonds. The standard InChI is InChI=1S/C24H22F4N4O2/c1-33-18-6-7-19(32-11-10-30-22(32)24(26,27)28)31-21(18)15-12-23(34-13-15)9-8-17(29)20(23)14-2-4-16(25)5-3-14/h2-7,10-12,17,20H,8-9,13,29H2,1H3/t17-,20-,23+/m0/s1. The van der Waals surface area contributed by atoms with E-state index in [2.05, 4.69) is 9.97 Å². The Morgan fingerprint density at radius 2 is 1.94 bits per heavy atom. The highest BCUT2D eigenvalue weighted by molar-refractivity contribution is 5.72. The number of nitrogens with two attached hydrogens (primary N) is 1. The van der Waals surface area contributed by atoms with E-state index in [1.54, 1.807) is 18.2 Å². The van der Waals surface area contributed by atoms with Gasteiger partial charge in [0.1, 0.15) is 23.1 Å². The molecule has 178 valence electrons. The molecule has 1 aromatic carbocycles. The number of ether oxygens (including phenoxy) is 2. The summed E-state index contributed by atoms with van der Waals surface area (Å²) in [7, 11) is 1.47. The van der Waals surface area contributed by atoms with Crippen LogP contribution in [0.4, 0.5) is 17.6 Å². The number of nitrogens with zero attached hydrogens (tertiary/aromatic N) is 3. The second kappa shape index (κ2) is 8.21. The van der Waals surface area contributed by atoms with E-state index in [9.17, 15) is 17.6 Å². The fourth-order valence-electron chi connectivity index (χ4n) is 4.99. The number of imidazole rings is 1. The number of halogens is 4. The van der Waals surface area contributed by atoms with Crippen molar-refractivity contribution < 1.29 is 27.0 Å². The number of rotatable bonds is 4. The maximum Gasteiger partial charge on any atom is 0.450 e. The van der Waals surface area contributed by atoms with Crippen LogP contribution < -0.4 is 10.5 Å². The minimum absolute atomic E-state index is 0.0562. The third-order valence-electron chi connectivity index (χ3n) is 6.48. The minimum atomic E-state index is -4.63. The molecule has 2 aliphatic rings. The molecular weight excluding hydrogens is 452 g/mol. The lowest BCUT2D eigenvalue weighted by Crippen LogP contribution is -2.37. The zero-order valence-corrected chi connectivity index (χ0v) is 18.2. The van der Waals surface area contributed by atoms with E-state index in [1.165, 1.54) is 31.5 Å². The molecule has 0 unspecified atom stereocenters. The van der Waals surface area contributed by atoms with Gasteiger partial charge < -0.3 is 15.2 Å². The number of methoxy groups -OCH3 is 1. The van der Waals surface area contributed by atoms with E-state index < -0.39 is 17.6 Å². The van der Waals surface area contributed by atoms with E-state index >= 15 is 0 Å². The summed E-state index contributed by atoms with van der Waals surface area (Å²) < 4.78 is 66.2. The predicted molar refractivity (Wildman–Crippen MR) is 116 cm³/mol. The molecule has 1 saturated carbocycles. The molecule has 2 aromatic heterocycles. The summed E-state index contributed by atoms with van der Waals surface area (Å²) in [4.78, 5) is 7.93. The molecule has 1 fully saturated rings. The Morgan fingerprint density at radius 3 is 2.65 bits per heavy atom. The van der Waals surface area contributed by atoms with E-state index in [1.807, 2.05) is 6.08 Å². The van der Waals surface area contributed by atoms with E-state index in [4.69, 9.17) is 15.2 Å². The number of hydrogen-bond acceptors (Lipinski definition) is 5. The van der Waals surface area contributed by atoms with Gasteiger partial charge in [0.15, 0.2) is 0 Å². The van der Waals surface area contributed by atoms with Crippen LogP contribution in [0.3, 0.4) is 0 Å².